The summed E-state index contributed by atoms with van der Waals surface area (Å²) in [4.78, 5) is 10.3. The summed E-state index contributed by atoms with van der Waals surface area (Å²) in [7, 11) is 0. The maximum Gasteiger partial charge on any atom is 0.125 e. The summed E-state index contributed by atoms with van der Waals surface area (Å²) in [6.07, 6.45) is 3.07. The number of hydrogen-bond donors (Lipinski definition) is 0. The highest BCUT2D eigenvalue weighted by Gasteiger charge is 2.14. The first-order valence-corrected chi connectivity index (χ1v) is 4.27. The summed E-state index contributed by atoms with van der Waals surface area (Å²) < 4.78 is 0. The monoisotopic (exact) mass is 192 g/mol. The Bertz CT molecular complexity index is 88.9. The first-order valence-electron chi connectivity index (χ1n) is 3.15. The van der Waals surface area contributed by atoms with Gasteiger partial charge in [-0.25, -0.2) is 0 Å². The first kappa shape index (κ1) is 9.15. The summed E-state index contributed by atoms with van der Waals surface area (Å²) in [5, 5.41) is 0.990. The summed E-state index contributed by atoms with van der Waals surface area (Å²) in [5.41, 5.74) is -0.117. The van der Waals surface area contributed by atoms with Crippen molar-refractivity contribution in [3.8, 4) is 0 Å². The van der Waals surface area contributed by atoms with E-state index in [0.29, 0.717) is 0 Å². The van der Waals surface area contributed by atoms with Crippen LogP contribution in [0.5, 0.6) is 0 Å². The van der Waals surface area contributed by atoms with Gasteiger partial charge in [0.15, 0.2) is 0 Å². The van der Waals surface area contributed by atoms with E-state index in [0.717, 1.165) is 24.5 Å². The van der Waals surface area contributed by atoms with Crippen LogP contribution in [0, 0.1) is 5.41 Å². The summed E-state index contributed by atoms with van der Waals surface area (Å²) >= 11 is 3.32. The smallest absolute Gasteiger partial charge is 0.125 e. The van der Waals surface area contributed by atoms with Gasteiger partial charge in [-0.15, -0.1) is 0 Å². The van der Waals surface area contributed by atoms with Gasteiger partial charge in [0.05, 0.1) is 0 Å². The minimum absolute atomic E-state index is 0.117. The third kappa shape index (κ3) is 4.64. The Morgan fingerprint density at radius 3 is 2.44 bits per heavy atom. The molecule has 0 aromatic carbocycles. The number of carbonyl (C=O) groups excluding carboxylic acids is 1. The van der Waals surface area contributed by atoms with E-state index in [4.69, 9.17) is 0 Å². The molecule has 0 bridgehead atoms. The van der Waals surface area contributed by atoms with E-state index in [-0.39, 0.29) is 5.41 Å². The van der Waals surface area contributed by atoms with Gasteiger partial charge in [0.1, 0.15) is 6.29 Å². The van der Waals surface area contributed by atoms with Crippen LogP contribution in [0.3, 0.4) is 0 Å². The van der Waals surface area contributed by atoms with Crippen molar-refractivity contribution in [1.29, 1.82) is 0 Å². The van der Waals surface area contributed by atoms with E-state index in [1.54, 1.807) is 0 Å². The van der Waals surface area contributed by atoms with Crippen LogP contribution in [0.1, 0.15) is 26.7 Å². The van der Waals surface area contributed by atoms with Crippen LogP contribution in [-0.4, -0.2) is 11.6 Å². The number of alkyl halides is 1. The number of rotatable bonds is 4. The van der Waals surface area contributed by atoms with E-state index in [9.17, 15) is 4.79 Å². The van der Waals surface area contributed by atoms with Gasteiger partial charge in [0.2, 0.25) is 0 Å². The number of aldehydes is 1. The zero-order valence-corrected chi connectivity index (χ0v) is 7.57. The average Bonchev–Trinajstić information content (AvgIpc) is 1.84. The topological polar surface area (TPSA) is 17.1 Å². The van der Waals surface area contributed by atoms with Crippen molar-refractivity contribution >= 4 is 22.2 Å². The van der Waals surface area contributed by atoms with Crippen LogP contribution in [-0.2, 0) is 4.79 Å². The highest BCUT2D eigenvalue weighted by Crippen LogP contribution is 2.18. The molecule has 0 atom stereocenters. The molecule has 0 spiro atoms. The number of carbonyl (C=O) groups is 1. The third-order valence-corrected chi connectivity index (χ3v) is 1.83. The van der Waals surface area contributed by atoms with Crippen molar-refractivity contribution in [3.05, 3.63) is 0 Å². The lowest BCUT2D eigenvalue weighted by molar-refractivity contribution is -0.114. The van der Waals surface area contributed by atoms with Gasteiger partial charge in [-0.05, 0) is 12.8 Å². The summed E-state index contributed by atoms with van der Waals surface area (Å²) in [6, 6.07) is 0. The molecule has 0 aliphatic heterocycles. The highest BCUT2D eigenvalue weighted by molar-refractivity contribution is 9.09. The van der Waals surface area contributed by atoms with E-state index in [2.05, 4.69) is 15.9 Å². The lowest BCUT2D eigenvalue weighted by Gasteiger charge is -2.14. The van der Waals surface area contributed by atoms with Crippen molar-refractivity contribution in [2.75, 3.05) is 5.33 Å². The van der Waals surface area contributed by atoms with Gasteiger partial charge in [0.25, 0.3) is 0 Å². The lowest BCUT2D eigenvalue weighted by atomic mass is 9.90. The second-order valence-electron chi connectivity index (χ2n) is 2.90. The van der Waals surface area contributed by atoms with Gasteiger partial charge in [0, 0.05) is 10.7 Å². The molecule has 54 valence electrons. The van der Waals surface area contributed by atoms with Crippen molar-refractivity contribution in [2.45, 2.75) is 26.7 Å². The molecule has 0 fully saturated rings. The molecule has 0 unspecified atom stereocenters. The maximum atomic E-state index is 10.3. The predicted octanol–water partition coefficient (Wildman–Crippen LogP) is 2.39. The Balaban J connectivity index is 3.45. The molecule has 2 heteroatoms. The Hall–Kier alpha value is 0.150. The van der Waals surface area contributed by atoms with Gasteiger partial charge in [-0.2, -0.15) is 0 Å². The largest absolute Gasteiger partial charge is 0.303 e. The Morgan fingerprint density at radius 2 is 2.11 bits per heavy atom. The fourth-order valence-electron chi connectivity index (χ4n) is 0.581. The summed E-state index contributed by atoms with van der Waals surface area (Å²) in [5.74, 6) is 0. The molecule has 0 saturated carbocycles. The zero-order chi connectivity index (χ0) is 7.33. The SMILES string of the molecule is CC(C)(C=O)CCCBr. The third-order valence-electron chi connectivity index (χ3n) is 1.27. The normalized spacial score (nSPS) is 11.4. The van der Waals surface area contributed by atoms with Gasteiger partial charge < -0.3 is 4.79 Å². The quantitative estimate of drug-likeness (QED) is 0.494. The van der Waals surface area contributed by atoms with Crippen LogP contribution in [0.4, 0.5) is 0 Å². The first-order chi connectivity index (χ1) is 4.12. The molecule has 0 heterocycles. The van der Waals surface area contributed by atoms with Crippen molar-refractivity contribution in [1.82, 2.24) is 0 Å². The second kappa shape index (κ2) is 4.04. The van der Waals surface area contributed by atoms with E-state index in [1.807, 2.05) is 13.8 Å². The molecule has 0 rings (SSSR count). The van der Waals surface area contributed by atoms with E-state index >= 15 is 0 Å². The van der Waals surface area contributed by atoms with E-state index < -0.39 is 0 Å². The van der Waals surface area contributed by atoms with Gasteiger partial charge in [-0.1, -0.05) is 29.8 Å². The van der Waals surface area contributed by atoms with Crippen LogP contribution in [0.15, 0.2) is 0 Å². The van der Waals surface area contributed by atoms with Crippen LogP contribution >= 0.6 is 15.9 Å². The molecule has 0 amide bonds. The Kier molecular flexibility index (Phi) is 4.11. The van der Waals surface area contributed by atoms with Gasteiger partial charge in [-0.3, -0.25) is 0 Å². The van der Waals surface area contributed by atoms with Crippen LogP contribution < -0.4 is 0 Å². The standard InChI is InChI=1S/C7H13BrO/c1-7(2,6-9)4-3-5-8/h6H,3-5H2,1-2H3. The highest BCUT2D eigenvalue weighted by atomic mass is 79.9. The lowest BCUT2D eigenvalue weighted by Crippen LogP contribution is -2.12. The molecule has 1 nitrogen and oxygen atoms in total. The molecule has 0 aliphatic carbocycles. The second-order valence-corrected chi connectivity index (χ2v) is 3.69. The molecule has 0 radical (unpaired) electrons. The molecular formula is C7H13BrO. The van der Waals surface area contributed by atoms with Crippen molar-refractivity contribution in [3.63, 3.8) is 0 Å². The average molecular weight is 193 g/mol. The fraction of sp³-hybridized carbons (Fsp3) is 0.857. The minimum atomic E-state index is -0.117. The van der Waals surface area contributed by atoms with Crippen LogP contribution in [0.2, 0.25) is 0 Å². The maximum absolute atomic E-state index is 10.3. The molecule has 0 aromatic heterocycles. The molecule has 9 heavy (non-hydrogen) atoms. The number of hydrogen-bond acceptors (Lipinski definition) is 1. The summed E-state index contributed by atoms with van der Waals surface area (Å²) in [6.45, 7) is 3.92. The van der Waals surface area contributed by atoms with Crippen molar-refractivity contribution in [2.24, 2.45) is 5.41 Å². The zero-order valence-electron chi connectivity index (χ0n) is 5.98. The van der Waals surface area contributed by atoms with Crippen molar-refractivity contribution < 1.29 is 4.79 Å². The Labute approximate surface area is 65.0 Å². The Morgan fingerprint density at radius 1 is 1.56 bits per heavy atom. The molecule has 0 saturated heterocycles. The minimum Gasteiger partial charge on any atom is -0.303 e. The molecule has 0 aliphatic rings. The number of halogens is 1. The molecular weight excluding hydrogens is 180 g/mol. The predicted molar refractivity (Wildman–Crippen MR) is 42.9 cm³/mol. The van der Waals surface area contributed by atoms with E-state index in [1.165, 1.54) is 0 Å². The van der Waals surface area contributed by atoms with Crippen LogP contribution in [0.25, 0.3) is 0 Å². The molecule has 0 aromatic rings. The fourth-order valence-corrected chi connectivity index (χ4v) is 0.862. The van der Waals surface area contributed by atoms with Gasteiger partial charge >= 0.3 is 0 Å². The molecule has 0 N–H and O–H groups in total.